The fraction of sp³-hybridized carbons (Fsp3) is 0.167. The molecule has 0 saturated heterocycles. The van der Waals surface area contributed by atoms with Gasteiger partial charge >= 0.3 is 0 Å². The molecule has 5 nitrogen and oxygen atoms in total. The van der Waals surface area contributed by atoms with Gasteiger partial charge in [0.2, 0.25) is 5.91 Å². The second-order valence-electron chi connectivity index (χ2n) is 6.94. The number of anilines is 1. The molecule has 158 valence electrons. The lowest BCUT2D eigenvalue weighted by Crippen LogP contribution is -2.34. The van der Waals surface area contributed by atoms with Crippen molar-refractivity contribution in [2.75, 3.05) is 11.4 Å². The van der Waals surface area contributed by atoms with Gasteiger partial charge < -0.3 is 14.2 Å². The third kappa shape index (κ3) is 4.68. The average molecular weight is 454 g/mol. The first-order valence-electron chi connectivity index (χ1n) is 9.94. The van der Waals surface area contributed by atoms with E-state index in [1.54, 1.807) is 23.1 Å². The normalized spacial score (nSPS) is 10.9. The minimum absolute atomic E-state index is 0.0253. The van der Waals surface area contributed by atoms with Gasteiger partial charge in [-0.3, -0.25) is 4.79 Å². The summed E-state index contributed by atoms with van der Waals surface area (Å²) in [4.78, 5) is 19.6. The van der Waals surface area contributed by atoms with Gasteiger partial charge in [0, 0.05) is 17.3 Å². The second kappa shape index (κ2) is 9.41. The molecule has 0 radical (unpaired) electrons. The fourth-order valence-corrected chi connectivity index (χ4v) is 3.94. The lowest BCUT2D eigenvalue weighted by Gasteiger charge is -2.22. The monoisotopic (exact) mass is 453 g/mol. The molecule has 31 heavy (non-hydrogen) atoms. The Balaban J connectivity index is 1.62. The molecule has 3 aromatic carbocycles. The molecule has 4 aromatic rings. The highest BCUT2D eigenvalue weighted by molar-refractivity contribution is 6.35. The third-order valence-electron chi connectivity index (χ3n) is 4.96. The number of fused-ring (bicyclic) bond motifs is 1. The first-order valence-corrected chi connectivity index (χ1v) is 10.7. The van der Waals surface area contributed by atoms with E-state index in [4.69, 9.17) is 27.9 Å². The lowest BCUT2D eigenvalue weighted by molar-refractivity contribution is -0.119. The standard InChI is InChI=1S/C24H21Cl2N3O2/c1-2-28(18-8-4-3-5-9-18)24(30)15-29-21-11-7-6-10-20(21)27-23(29)16-31-22-13-12-17(25)14-19(22)26/h3-14H,2,15-16H2,1H3. The molecule has 7 heteroatoms. The number of likely N-dealkylation sites (N-methyl/N-ethyl adjacent to an activating group) is 1. The molecule has 0 fully saturated rings. The summed E-state index contributed by atoms with van der Waals surface area (Å²) in [6.07, 6.45) is 0. The van der Waals surface area contributed by atoms with Crippen LogP contribution in [0.1, 0.15) is 12.7 Å². The molecule has 0 bridgehead atoms. The van der Waals surface area contributed by atoms with Crippen LogP contribution in [0.4, 0.5) is 5.69 Å². The summed E-state index contributed by atoms with van der Waals surface area (Å²) in [5.74, 6) is 1.13. The van der Waals surface area contributed by atoms with Gasteiger partial charge in [-0.05, 0) is 49.4 Å². The van der Waals surface area contributed by atoms with Gasteiger partial charge in [0.25, 0.3) is 0 Å². The molecule has 0 aliphatic rings. The van der Waals surface area contributed by atoms with Crippen molar-refractivity contribution < 1.29 is 9.53 Å². The minimum atomic E-state index is -0.0253. The van der Waals surface area contributed by atoms with Crippen molar-refractivity contribution in [1.29, 1.82) is 0 Å². The van der Waals surface area contributed by atoms with E-state index in [9.17, 15) is 4.79 Å². The summed E-state index contributed by atoms with van der Waals surface area (Å²) in [6, 6.07) is 22.4. The van der Waals surface area contributed by atoms with Gasteiger partial charge in [-0.1, -0.05) is 53.5 Å². The third-order valence-corrected chi connectivity index (χ3v) is 5.49. The number of carbonyl (C=O) groups excluding carboxylic acids is 1. The molecule has 0 N–H and O–H groups in total. The van der Waals surface area contributed by atoms with Gasteiger partial charge in [0.05, 0.1) is 16.1 Å². The number of para-hydroxylation sites is 3. The van der Waals surface area contributed by atoms with Crippen molar-refractivity contribution in [3.8, 4) is 5.75 Å². The lowest BCUT2D eigenvalue weighted by atomic mass is 10.2. The number of hydrogen-bond donors (Lipinski definition) is 0. The van der Waals surface area contributed by atoms with Crippen molar-refractivity contribution in [1.82, 2.24) is 9.55 Å². The van der Waals surface area contributed by atoms with Crippen molar-refractivity contribution in [2.45, 2.75) is 20.1 Å². The molecule has 1 amide bonds. The first-order chi connectivity index (χ1) is 15.1. The van der Waals surface area contributed by atoms with E-state index in [1.165, 1.54) is 0 Å². The van der Waals surface area contributed by atoms with E-state index >= 15 is 0 Å². The van der Waals surface area contributed by atoms with Crippen LogP contribution in [0, 0.1) is 0 Å². The number of rotatable bonds is 7. The Morgan fingerprint density at radius 3 is 2.52 bits per heavy atom. The number of amides is 1. The summed E-state index contributed by atoms with van der Waals surface area (Å²) in [7, 11) is 0. The van der Waals surface area contributed by atoms with Crippen LogP contribution >= 0.6 is 23.2 Å². The molecule has 0 saturated carbocycles. The van der Waals surface area contributed by atoms with E-state index in [0.29, 0.717) is 28.2 Å². The minimum Gasteiger partial charge on any atom is -0.484 e. The predicted octanol–water partition coefficient (Wildman–Crippen LogP) is 5.98. The zero-order chi connectivity index (χ0) is 21.8. The topological polar surface area (TPSA) is 47.4 Å². The number of imidazole rings is 1. The molecule has 4 rings (SSSR count). The molecule has 1 heterocycles. The Labute approximate surface area is 190 Å². The van der Waals surface area contributed by atoms with E-state index in [-0.39, 0.29) is 19.1 Å². The highest BCUT2D eigenvalue weighted by Crippen LogP contribution is 2.28. The number of hydrogen-bond acceptors (Lipinski definition) is 3. The molecular formula is C24H21Cl2N3O2. The highest BCUT2D eigenvalue weighted by Gasteiger charge is 2.19. The summed E-state index contributed by atoms with van der Waals surface area (Å²) in [6.45, 7) is 2.85. The van der Waals surface area contributed by atoms with Crippen LogP contribution in [-0.4, -0.2) is 22.0 Å². The number of halogens is 2. The summed E-state index contributed by atoms with van der Waals surface area (Å²) >= 11 is 12.2. The Morgan fingerprint density at radius 2 is 1.77 bits per heavy atom. The summed E-state index contributed by atoms with van der Waals surface area (Å²) in [5, 5.41) is 0.961. The van der Waals surface area contributed by atoms with E-state index < -0.39 is 0 Å². The summed E-state index contributed by atoms with van der Waals surface area (Å²) < 4.78 is 7.80. The van der Waals surface area contributed by atoms with Crippen LogP contribution in [0.15, 0.2) is 72.8 Å². The highest BCUT2D eigenvalue weighted by atomic mass is 35.5. The van der Waals surface area contributed by atoms with Crippen LogP contribution in [-0.2, 0) is 17.9 Å². The maximum Gasteiger partial charge on any atom is 0.246 e. The van der Waals surface area contributed by atoms with Gasteiger partial charge in [-0.2, -0.15) is 0 Å². The Bertz CT molecular complexity index is 1210. The zero-order valence-corrected chi connectivity index (χ0v) is 18.5. The molecule has 1 aromatic heterocycles. The number of aromatic nitrogens is 2. The van der Waals surface area contributed by atoms with Gasteiger partial charge in [-0.15, -0.1) is 0 Å². The van der Waals surface area contributed by atoms with E-state index in [2.05, 4.69) is 4.98 Å². The van der Waals surface area contributed by atoms with Crippen molar-refractivity contribution in [3.63, 3.8) is 0 Å². The predicted molar refractivity (Wildman–Crippen MR) is 125 cm³/mol. The maximum atomic E-state index is 13.2. The Hall–Kier alpha value is -3.02. The smallest absolute Gasteiger partial charge is 0.246 e. The Kier molecular flexibility index (Phi) is 6.44. The Morgan fingerprint density at radius 1 is 1.03 bits per heavy atom. The SMILES string of the molecule is CCN(C(=O)Cn1c(COc2ccc(Cl)cc2Cl)nc2ccccc21)c1ccccc1. The first kappa shape index (κ1) is 21.2. The van der Waals surface area contributed by atoms with Gasteiger partial charge in [0.15, 0.2) is 0 Å². The molecule has 0 aliphatic heterocycles. The number of carbonyl (C=O) groups is 1. The fourth-order valence-electron chi connectivity index (χ4n) is 3.48. The second-order valence-corrected chi connectivity index (χ2v) is 7.78. The largest absolute Gasteiger partial charge is 0.484 e. The van der Waals surface area contributed by atoms with Crippen LogP contribution in [0.2, 0.25) is 10.0 Å². The van der Waals surface area contributed by atoms with Crippen molar-refractivity contribution in [3.05, 3.63) is 88.7 Å². The van der Waals surface area contributed by atoms with Crippen LogP contribution in [0.25, 0.3) is 11.0 Å². The summed E-state index contributed by atoms with van der Waals surface area (Å²) in [5.41, 5.74) is 2.55. The van der Waals surface area contributed by atoms with Crippen LogP contribution < -0.4 is 9.64 Å². The molecular weight excluding hydrogens is 433 g/mol. The average Bonchev–Trinajstić information content (AvgIpc) is 3.12. The van der Waals surface area contributed by atoms with Crippen molar-refractivity contribution in [2.24, 2.45) is 0 Å². The van der Waals surface area contributed by atoms with Crippen molar-refractivity contribution >= 4 is 45.8 Å². The van der Waals surface area contributed by atoms with E-state index in [0.717, 1.165) is 16.7 Å². The molecule has 0 spiro atoms. The number of ether oxygens (including phenoxy) is 1. The molecule has 0 unspecified atom stereocenters. The zero-order valence-electron chi connectivity index (χ0n) is 17.0. The number of benzene rings is 3. The van der Waals surface area contributed by atoms with Crippen LogP contribution in [0.3, 0.4) is 0 Å². The van der Waals surface area contributed by atoms with E-state index in [1.807, 2.05) is 66.1 Å². The number of nitrogens with zero attached hydrogens (tertiary/aromatic N) is 3. The van der Waals surface area contributed by atoms with Gasteiger partial charge in [-0.25, -0.2) is 4.98 Å². The van der Waals surface area contributed by atoms with Crippen LogP contribution in [0.5, 0.6) is 5.75 Å². The molecule has 0 aliphatic carbocycles. The molecule has 0 atom stereocenters. The quantitative estimate of drug-likeness (QED) is 0.346. The van der Waals surface area contributed by atoms with Gasteiger partial charge in [0.1, 0.15) is 24.7 Å². The maximum absolute atomic E-state index is 13.2.